The molecular weight excluding hydrogens is 196 g/mol. The lowest BCUT2D eigenvalue weighted by Gasteiger charge is -2.05. The topological polar surface area (TPSA) is 13.1 Å². The lowest BCUT2D eigenvalue weighted by atomic mass is 9.98. The van der Waals surface area contributed by atoms with E-state index < -0.39 is 0 Å². The molecular formula is C15H16O. The number of rotatable bonds is 1. The third-order valence-electron chi connectivity index (χ3n) is 3.32. The average molecular weight is 212 g/mol. The molecule has 0 N–H and O–H groups in total. The highest BCUT2D eigenvalue weighted by atomic mass is 16.3. The Balaban J connectivity index is 2.26. The van der Waals surface area contributed by atoms with E-state index >= 15 is 0 Å². The van der Waals surface area contributed by atoms with Crippen molar-refractivity contribution in [2.24, 2.45) is 0 Å². The molecule has 0 radical (unpaired) electrons. The molecule has 1 aliphatic carbocycles. The van der Waals surface area contributed by atoms with Crippen LogP contribution < -0.4 is 0 Å². The predicted octanol–water partition coefficient (Wildman–Crippen LogP) is 4.52. The molecule has 1 aromatic heterocycles. The number of aryl methyl sites for hydroxylation is 1. The summed E-state index contributed by atoms with van der Waals surface area (Å²) in [4.78, 5) is 0. The van der Waals surface area contributed by atoms with Gasteiger partial charge in [0.1, 0.15) is 11.3 Å². The Morgan fingerprint density at radius 3 is 2.94 bits per heavy atom. The van der Waals surface area contributed by atoms with E-state index in [2.05, 4.69) is 44.2 Å². The maximum atomic E-state index is 5.87. The van der Waals surface area contributed by atoms with Gasteiger partial charge in [-0.2, -0.15) is 0 Å². The maximum Gasteiger partial charge on any atom is 0.134 e. The van der Waals surface area contributed by atoms with Crippen molar-refractivity contribution in [1.29, 1.82) is 0 Å². The zero-order chi connectivity index (χ0) is 11.1. The van der Waals surface area contributed by atoms with Crippen LogP contribution in [0.3, 0.4) is 0 Å². The second-order valence-corrected chi connectivity index (χ2v) is 4.79. The Morgan fingerprint density at radius 1 is 1.25 bits per heavy atom. The first-order valence-corrected chi connectivity index (χ1v) is 5.97. The summed E-state index contributed by atoms with van der Waals surface area (Å²) < 4.78 is 5.87. The second-order valence-electron chi connectivity index (χ2n) is 4.79. The molecule has 0 atom stereocenters. The van der Waals surface area contributed by atoms with Gasteiger partial charge in [-0.15, -0.1) is 0 Å². The minimum Gasteiger partial charge on any atom is -0.460 e. The van der Waals surface area contributed by atoms with Crippen molar-refractivity contribution in [1.82, 2.24) is 0 Å². The Morgan fingerprint density at radius 2 is 2.12 bits per heavy atom. The molecule has 1 heterocycles. The van der Waals surface area contributed by atoms with E-state index in [-0.39, 0.29) is 0 Å². The van der Waals surface area contributed by atoms with Crippen LogP contribution in [0, 0.1) is 0 Å². The smallest absolute Gasteiger partial charge is 0.134 e. The van der Waals surface area contributed by atoms with Gasteiger partial charge >= 0.3 is 0 Å². The monoisotopic (exact) mass is 212 g/mol. The summed E-state index contributed by atoms with van der Waals surface area (Å²) in [5.41, 5.74) is 3.71. The fraction of sp³-hybridized carbons (Fsp3) is 0.333. The van der Waals surface area contributed by atoms with Crippen LogP contribution in [-0.4, -0.2) is 0 Å². The highest BCUT2D eigenvalue weighted by Crippen LogP contribution is 2.32. The molecule has 0 spiro atoms. The van der Waals surface area contributed by atoms with E-state index in [1.807, 2.05) is 0 Å². The summed E-state index contributed by atoms with van der Waals surface area (Å²) in [5, 5.41) is 1.28. The van der Waals surface area contributed by atoms with Crippen molar-refractivity contribution in [3.05, 3.63) is 41.2 Å². The van der Waals surface area contributed by atoms with Gasteiger partial charge in [-0.25, -0.2) is 0 Å². The van der Waals surface area contributed by atoms with Gasteiger partial charge in [0.15, 0.2) is 0 Å². The summed E-state index contributed by atoms with van der Waals surface area (Å²) >= 11 is 0. The maximum absolute atomic E-state index is 5.87. The van der Waals surface area contributed by atoms with Gasteiger partial charge in [-0.05, 0) is 30.0 Å². The molecule has 1 aliphatic rings. The van der Waals surface area contributed by atoms with Gasteiger partial charge < -0.3 is 4.42 Å². The van der Waals surface area contributed by atoms with E-state index in [4.69, 9.17) is 4.42 Å². The van der Waals surface area contributed by atoms with Gasteiger partial charge in [0.25, 0.3) is 0 Å². The summed E-state index contributed by atoms with van der Waals surface area (Å²) in [5.74, 6) is 1.72. The van der Waals surface area contributed by atoms with Crippen LogP contribution in [0.15, 0.2) is 28.7 Å². The zero-order valence-electron chi connectivity index (χ0n) is 9.79. The van der Waals surface area contributed by atoms with Crippen molar-refractivity contribution in [3.63, 3.8) is 0 Å². The first-order chi connectivity index (χ1) is 7.75. The Bertz CT molecular complexity index is 558. The van der Waals surface area contributed by atoms with Crippen molar-refractivity contribution in [2.45, 2.75) is 32.6 Å². The molecule has 2 aromatic rings. The van der Waals surface area contributed by atoms with Gasteiger partial charge in [-0.1, -0.05) is 32.1 Å². The molecule has 1 nitrogen and oxygen atoms in total. The van der Waals surface area contributed by atoms with Crippen LogP contribution in [-0.2, 0) is 6.42 Å². The van der Waals surface area contributed by atoms with E-state index in [0.717, 1.165) is 24.2 Å². The molecule has 1 heteroatoms. The van der Waals surface area contributed by atoms with Crippen LogP contribution in [0.4, 0.5) is 0 Å². The van der Waals surface area contributed by atoms with Crippen molar-refractivity contribution < 1.29 is 4.42 Å². The fourth-order valence-corrected chi connectivity index (χ4v) is 2.33. The number of hydrogen-bond donors (Lipinski definition) is 0. The molecule has 0 fully saturated rings. The van der Waals surface area contributed by atoms with E-state index in [0.29, 0.717) is 5.92 Å². The summed E-state index contributed by atoms with van der Waals surface area (Å²) in [6, 6.07) is 6.56. The van der Waals surface area contributed by atoms with Crippen LogP contribution in [0.5, 0.6) is 0 Å². The number of hydrogen-bond acceptors (Lipinski definition) is 1. The molecule has 16 heavy (non-hydrogen) atoms. The molecule has 0 saturated carbocycles. The van der Waals surface area contributed by atoms with E-state index in [1.54, 1.807) is 0 Å². The number of fused-ring (bicyclic) bond motifs is 3. The molecule has 82 valence electrons. The molecule has 0 aliphatic heterocycles. The normalized spacial score (nSPS) is 14.7. The highest BCUT2D eigenvalue weighted by molar-refractivity contribution is 5.89. The van der Waals surface area contributed by atoms with Crippen LogP contribution in [0.2, 0.25) is 0 Å². The van der Waals surface area contributed by atoms with Crippen LogP contribution in [0.25, 0.3) is 17.0 Å². The number of allylic oxidation sites excluding steroid dienone is 1. The summed E-state index contributed by atoms with van der Waals surface area (Å²) in [6.07, 6.45) is 6.58. The molecule has 3 rings (SSSR count). The SMILES string of the molecule is CC(C)c1ccc2oc3c(c2c1)C=CCC3. The van der Waals surface area contributed by atoms with Crippen LogP contribution in [0.1, 0.15) is 43.1 Å². The molecule has 1 aromatic carbocycles. The Labute approximate surface area is 95.8 Å². The van der Waals surface area contributed by atoms with Crippen molar-refractivity contribution in [2.75, 3.05) is 0 Å². The lowest BCUT2D eigenvalue weighted by Crippen LogP contribution is -1.89. The first kappa shape index (κ1) is 9.71. The highest BCUT2D eigenvalue weighted by Gasteiger charge is 2.14. The second kappa shape index (κ2) is 3.51. The van der Waals surface area contributed by atoms with Gasteiger partial charge in [0.05, 0.1) is 0 Å². The number of benzene rings is 1. The average Bonchev–Trinajstić information content (AvgIpc) is 2.66. The largest absolute Gasteiger partial charge is 0.460 e. The quantitative estimate of drug-likeness (QED) is 0.677. The van der Waals surface area contributed by atoms with Gasteiger partial charge in [0, 0.05) is 17.4 Å². The minimum absolute atomic E-state index is 0.572. The number of furan rings is 1. The van der Waals surface area contributed by atoms with Crippen molar-refractivity contribution >= 4 is 17.0 Å². The zero-order valence-corrected chi connectivity index (χ0v) is 9.79. The summed E-state index contributed by atoms with van der Waals surface area (Å²) in [7, 11) is 0. The van der Waals surface area contributed by atoms with Gasteiger partial charge in [-0.3, -0.25) is 0 Å². The third-order valence-corrected chi connectivity index (χ3v) is 3.32. The van der Waals surface area contributed by atoms with E-state index in [9.17, 15) is 0 Å². The molecule has 0 unspecified atom stereocenters. The lowest BCUT2D eigenvalue weighted by molar-refractivity contribution is 0.546. The van der Waals surface area contributed by atoms with Gasteiger partial charge in [0.2, 0.25) is 0 Å². The van der Waals surface area contributed by atoms with E-state index in [1.165, 1.54) is 16.5 Å². The summed E-state index contributed by atoms with van der Waals surface area (Å²) in [6.45, 7) is 4.45. The predicted molar refractivity (Wildman–Crippen MR) is 67.7 cm³/mol. The molecule has 0 amide bonds. The van der Waals surface area contributed by atoms with Crippen LogP contribution >= 0.6 is 0 Å². The van der Waals surface area contributed by atoms with Crippen molar-refractivity contribution in [3.8, 4) is 0 Å². The Hall–Kier alpha value is -1.50. The third kappa shape index (κ3) is 1.39. The molecule has 0 saturated heterocycles. The Kier molecular flexibility index (Phi) is 2.13. The molecule has 0 bridgehead atoms. The minimum atomic E-state index is 0.572. The fourth-order valence-electron chi connectivity index (χ4n) is 2.33. The first-order valence-electron chi connectivity index (χ1n) is 5.97. The standard InChI is InChI=1S/C15H16O/c1-10(2)11-7-8-15-13(9-11)12-5-3-4-6-14(12)16-15/h3,5,7-10H,4,6H2,1-2H3.